The van der Waals surface area contributed by atoms with Gasteiger partial charge in [0.25, 0.3) is 0 Å². The Morgan fingerprint density at radius 3 is 1.42 bits per heavy atom. The van der Waals surface area contributed by atoms with Crippen molar-refractivity contribution in [3.05, 3.63) is 0 Å². The van der Waals surface area contributed by atoms with Crippen molar-refractivity contribution in [2.45, 2.75) is 129 Å². The lowest BCUT2D eigenvalue weighted by molar-refractivity contribution is 0.199. The molecule has 0 bridgehead atoms. The molecule has 0 spiro atoms. The van der Waals surface area contributed by atoms with E-state index in [9.17, 15) is 0 Å². The normalized spacial score (nSPS) is 17.4. The first-order valence-electron chi connectivity index (χ1n) is 12.3. The maximum absolute atomic E-state index is 3.57. The summed E-state index contributed by atoms with van der Waals surface area (Å²) in [6.07, 6.45) is 24.3. The molecule has 1 aliphatic heterocycles. The van der Waals surface area contributed by atoms with E-state index in [1.807, 2.05) is 0 Å². The van der Waals surface area contributed by atoms with Crippen molar-refractivity contribution < 1.29 is 0 Å². The Morgan fingerprint density at radius 1 is 0.615 bits per heavy atom. The molecule has 1 heterocycles. The molecule has 26 heavy (non-hydrogen) atoms. The van der Waals surface area contributed by atoms with Crippen molar-refractivity contribution in [2.75, 3.05) is 26.2 Å². The summed E-state index contributed by atoms with van der Waals surface area (Å²) in [6.45, 7) is 9.76. The highest BCUT2D eigenvalue weighted by molar-refractivity contribution is 4.80. The number of nitrogens with zero attached hydrogens (tertiary/aromatic N) is 1. The van der Waals surface area contributed by atoms with Gasteiger partial charge in [-0.05, 0) is 38.9 Å². The van der Waals surface area contributed by atoms with Gasteiger partial charge < -0.3 is 5.32 Å². The Kier molecular flexibility index (Phi) is 16.9. The van der Waals surface area contributed by atoms with Gasteiger partial charge in [-0.3, -0.25) is 4.90 Å². The lowest BCUT2D eigenvalue weighted by Gasteiger charge is -2.28. The molecule has 156 valence electrons. The fraction of sp³-hybridized carbons (Fsp3) is 1.00. The Hall–Kier alpha value is -0.0800. The maximum Gasteiger partial charge on any atom is 0.0232 e. The summed E-state index contributed by atoms with van der Waals surface area (Å²) in [7, 11) is 0. The standard InChI is InChI=1S/C24H50N2/c1-3-5-7-9-11-13-15-17-21-26(24-19-20-25-23-24)22-18-16-14-12-10-8-6-4-2/h24-25H,3-23H2,1-2H3/t24-/m0/s1. The Morgan fingerprint density at radius 2 is 1.04 bits per heavy atom. The molecule has 0 unspecified atom stereocenters. The third kappa shape index (κ3) is 13.1. The van der Waals surface area contributed by atoms with Gasteiger partial charge in [0.05, 0.1) is 0 Å². The van der Waals surface area contributed by atoms with Crippen LogP contribution in [0.4, 0.5) is 0 Å². The summed E-state index contributed by atoms with van der Waals surface area (Å²) in [5.41, 5.74) is 0. The monoisotopic (exact) mass is 366 g/mol. The van der Waals surface area contributed by atoms with E-state index in [-0.39, 0.29) is 0 Å². The van der Waals surface area contributed by atoms with Gasteiger partial charge >= 0.3 is 0 Å². The number of nitrogens with one attached hydrogen (secondary N) is 1. The van der Waals surface area contributed by atoms with Crippen molar-refractivity contribution in [1.82, 2.24) is 10.2 Å². The van der Waals surface area contributed by atoms with Gasteiger partial charge in [0.15, 0.2) is 0 Å². The molecule has 0 radical (unpaired) electrons. The lowest BCUT2D eigenvalue weighted by atomic mass is 10.1. The van der Waals surface area contributed by atoms with Crippen LogP contribution in [0.1, 0.15) is 123 Å². The smallest absolute Gasteiger partial charge is 0.0232 e. The van der Waals surface area contributed by atoms with Gasteiger partial charge in [-0.1, -0.05) is 104 Å². The molecule has 0 aromatic heterocycles. The van der Waals surface area contributed by atoms with Crippen LogP contribution in [0, 0.1) is 0 Å². The molecule has 1 aliphatic rings. The summed E-state index contributed by atoms with van der Waals surface area (Å²) in [5, 5.41) is 3.57. The average Bonchev–Trinajstić information content (AvgIpc) is 3.19. The molecule has 0 saturated carbocycles. The molecule has 1 N–H and O–H groups in total. The zero-order valence-electron chi connectivity index (χ0n) is 18.4. The van der Waals surface area contributed by atoms with Gasteiger partial charge in [-0.15, -0.1) is 0 Å². The SMILES string of the molecule is CCCCCCCCCCN(CCCCCCCCCC)[C@H]1CCNC1. The molecule has 1 rings (SSSR count). The fourth-order valence-electron chi connectivity index (χ4n) is 4.33. The predicted molar refractivity (Wildman–Crippen MR) is 118 cm³/mol. The summed E-state index contributed by atoms with van der Waals surface area (Å²) >= 11 is 0. The van der Waals surface area contributed by atoms with Crippen molar-refractivity contribution in [3.8, 4) is 0 Å². The average molecular weight is 367 g/mol. The first kappa shape index (κ1) is 24.0. The second-order valence-electron chi connectivity index (χ2n) is 8.63. The largest absolute Gasteiger partial charge is 0.315 e. The van der Waals surface area contributed by atoms with Gasteiger partial charge in [-0.2, -0.15) is 0 Å². The van der Waals surface area contributed by atoms with Crippen LogP contribution in [0.2, 0.25) is 0 Å². The predicted octanol–water partition coefficient (Wildman–Crippen LogP) is 6.93. The molecule has 0 aliphatic carbocycles. The minimum atomic E-state index is 0.823. The second-order valence-corrected chi connectivity index (χ2v) is 8.63. The zero-order valence-corrected chi connectivity index (χ0v) is 18.4. The minimum absolute atomic E-state index is 0.823. The summed E-state index contributed by atoms with van der Waals surface area (Å²) in [6, 6.07) is 0.823. The quantitative estimate of drug-likeness (QED) is 0.249. The third-order valence-corrected chi connectivity index (χ3v) is 6.15. The van der Waals surface area contributed by atoms with Crippen LogP contribution in [0.3, 0.4) is 0 Å². The van der Waals surface area contributed by atoms with Gasteiger partial charge in [0.1, 0.15) is 0 Å². The molecular weight excluding hydrogens is 316 g/mol. The van der Waals surface area contributed by atoms with Crippen LogP contribution >= 0.6 is 0 Å². The van der Waals surface area contributed by atoms with Gasteiger partial charge in [0, 0.05) is 12.6 Å². The number of unbranched alkanes of at least 4 members (excludes halogenated alkanes) is 14. The van der Waals surface area contributed by atoms with E-state index in [4.69, 9.17) is 0 Å². The number of hydrogen-bond donors (Lipinski definition) is 1. The number of rotatable bonds is 19. The third-order valence-electron chi connectivity index (χ3n) is 6.15. The highest BCUT2D eigenvalue weighted by Crippen LogP contribution is 2.15. The van der Waals surface area contributed by atoms with E-state index in [0.717, 1.165) is 6.04 Å². The van der Waals surface area contributed by atoms with Crippen LogP contribution in [-0.2, 0) is 0 Å². The van der Waals surface area contributed by atoms with E-state index >= 15 is 0 Å². The molecule has 1 atom stereocenters. The van der Waals surface area contributed by atoms with Gasteiger partial charge in [0.2, 0.25) is 0 Å². The summed E-state index contributed by atoms with van der Waals surface area (Å²) in [5.74, 6) is 0. The molecule has 1 saturated heterocycles. The van der Waals surface area contributed by atoms with E-state index in [2.05, 4.69) is 24.1 Å². The molecule has 0 aromatic carbocycles. The van der Waals surface area contributed by atoms with Crippen molar-refractivity contribution in [1.29, 1.82) is 0 Å². The van der Waals surface area contributed by atoms with Crippen LogP contribution in [0.5, 0.6) is 0 Å². The van der Waals surface area contributed by atoms with Crippen molar-refractivity contribution >= 4 is 0 Å². The molecule has 0 amide bonds. The topological polar surface area (TPSA) is 15.3 Å². The minimum Gasteiger partial charge on any atom is -0.315 e. The van der Waals surface area contributed by atoms with E-state index in [1.54, 1.807) is 0 Å². The molecule has 2 nitrogen and oxygen atoms in total. The zero-order chi connectivity index (χ0) is 18.7. The second kappa shape index (κ2) is 18.3. The maximum atomic E-state index is 3.57. The van der Waals surface area contributed by atoms with E-state index in [0.29, 0.717) is 0 Å². The lowest BCUT2D eigenvalue weighted by Crippen LogP contribution is -2.38. The van der Waals surface area contributed by atoms with E-state index < -0.39 is 0 Å². The fourth-order valence-corrected chi connectivity index (χ4v) is 4.33. The Bertz CT molecular complexity index is 253. The number of hydrogen-bond acceptors (Lipinski definition) is 2. The molecule has 1 fully saturated rings. The highest BCUT2D eigenvalue weighted by Gasteiger charge is 2.21. The first-order valence-corrected chi connectivity index (χ1v) is 12.3. The molecule has 2 heteroatoms. The van der Waals surface area contributed by atoms with Crippen molar-refractivity contribution in [2.24, 2.45) is 0 Å². The summed E-state index contributed by atoms with van der Waals surface area (Å²) in [4.78, 5) is 2.83. The highest BCUT2D eigenvalue weighted by atomic mass is 15.2. The van der Waals surface area contributed by atoms with Crippen LogP contribution in [0.15, 0.2) is 0 Å². The Balaban J connectivity index is 2.04. The molecular formula is C24H50N2. The van der Waals surface area contributed by atoms with Gasteiger partial charge in [-0.25, -0.2) is 0 Å². The molecule has 0 aromatic rings. The first-order chi connectivity index (χ1) is 12.9. The van der Waals surface area contributed by atoms with E-state index in [1.165, 1.54) is 135 Å². The summed E-state index contributed by atoms with van der Waals surface area (Å²) < 4.78 is 0. The van der Waals surface area contributed by atoms with Crippen LogP contribution < -0.4 is 5.32 Å². The Labute approximate surface area is 165 Å². The van der Waals surface area contributed by atoms with Crippen molar-refractivity contribution in [3.63, 3.8) is 0 Å². The van der Waals surface area contributed by atoms with Crippen LogP contribution in [0.25, 0.3) is 0 Å². The van der Waals surface area contributed by atoms with Crippen LogP contribution in [-0.4, -0.2) is 37.1 Å².